The SMILES string of the molecule is O=C1C[N-]S(=O)(=O)N1.O=C1[N-]CS(=O)(=O)N1.[CH3-].[CH3-].[Tm].[Tm]. The van der Waals surface area contributed by atoms with Gasteiger partial charge in [0.15, 0.2) is 26.3 Å². The minimum absolute atomic E-state index is 0. The Kier molecular flexibility index (Phi) is 16.9. The van der Waals surface area contributed by atoms with Gasteiger partial charge in [-0.05, 0) is 0 Å². The molecular formula is C6H12N4O6S2Tm2-4. The van der Waals surface area contributed by atoms with Crippen molar-refractivity contribution >= 4 is 32.2 Å². The number of urea groups is 1. The van der Waals surface area contributed by atoms with Crippen molar-refractivity contribution in [3.05, 3.63) is 24.9 Å². The quantitative estimate of drug-likeness (QED) is 0.325. The Balaban J connectivity index is -0.000000107. The molecule has 2 N–H and O–H groups in total. The van der Waals surface area contributed by atoms with Crippen LogP contribution in [0.1, 0.15) is 0 Å². The fraction of sp³-hybridized carbons (Fsp3) is 0.333. The van der Waals surface area contributed by atoms with Crippen molar-refractivity contribution in [1.82, 2.24) is 9.44 Å². The molecule has 2 radical (unpaired) electrons. The van der Waals surface area contributed by atoms with Crippen LogP contribution in [0.25, 0.3) is 10.0 Å². The van der Waals surface area contributed by atoms with Crippen LogP contribution in [0.15, 0.2) is 0 Å². The largest absolute Gasteiger partial charge is 0.523 e. The summed E-state index contributed by atoms with van der Waals surface area (Å²) in [5.74, 6) is -0.990. The average Bonchev–Trinajstić information content (AvgIpc) is 2.56. The first-order valence-electron chi connectivity index (χ1n) is 3.66. The molecule has 20 heavy (non-hydrogen) atoms. The zero-order chi connectivity index (χ0) is 12.4. The summed E-state index contributed by atoms with van der Waals surface area (Å²) >= 11 is 0. The first-order chi connectivity index (χ1) is 7.20. The van der Waals surface area contributed by atoms with E-state index < -0.39 is 38.0 Å². The molecule has 0 bridgehead atoms. The van der Waals surface area contributed by atoms with E-state index in [1.807, 2.05) is 0 Å². The van der Waals surface area contributed by atoms with E-state index in [1.165, 1.54) is 0 Å². The Labute approximate surface area is 176 Å². The van der Waals surface area contributed by atoms with Crippen LogP contribution in [0.4, 0.5) is 4.79 Å². The molecular weight excluding hydrogens is 626 g/mol. The maximum atomic E-state index is 10.2. The third-order valence-corrected chi connectivity index (χ3v) is 3.15. The minimum atomic E-state index is -3.57. The zero-order valence-corrected chi connectivity index (χ0v) is 15.3. The van der Waals surface area contributed by atoms with Crippen molar-refractivity contribution in [1.29, 1.82) is 0 Å². The first kappa shape index (κ1) is 29.1. The number of hydrogen-bond donors (Lipinski definition) is 2. The third kappa shape index (κ3) is 11.7. The predicted octanol–water partition coefficient (Wildman–Crippen LogP) is -0.994. The van der Waals surface area contributed by atoms with Crippen LogP contribution in [-0.4, -0.2) is 41.2 Å². The van der Waals surface area contributed by atoms with Gasteiger partial charge >= 0.3 is 0 Å². The summed E-state index contributed by atoms with van der Waals surface area (Å²) in [5, 5.41) is 3.05. The number of nitrogens with one attached hydrogen (secondary N) is 2. The molecule has 2 heterocycles. The summed E-state index contributed by atoms with van der Waals surface area (Å²) in [7, 11) is -6.93. The molecule has 14 heteroatoms. The van der Waals surface area contributed by atoms with Gasteiger partial charge in [-0.3, -0.25) is 14.3 Å². The topological polar surface area (TPSA) is 155 Å². The Hall–Kier alpha value is 1.07. The van der Waals surface area contributed by atoms with E-state index in [2.05, 4.69) is 10.0 Å². The zero-order valence-electron chi connectivity index (χ0n) is 10.1. The van der Waals surface area contributed by atoms with Crippen LogP contribution in [0.2, 0.25) is 0 Å². The van der Waals surface area contributed by atoms with Gasteiger partial charge in [0.2, 0.25) is 5.91 Å². The molecule has 0 saturated carbocycles. The number of hydrogen-bond acceptors (Lipinski definition) is 6. The second-order valence-corrected chi connectivity index (χ2v) is 5.70. The van der Waals surface area contributed by atoms with Crippen LogP contribution in [0, 0.1) is 88.6 Å². The molecule has 0 aromatic carbocycles. The predicted molar refractivity (Wildman–Crippen MR) is 63.8 cm³/mol. The summed E-state index contributed by atoms with van der Waals surface area (Å²) in [4.78, 5) is 20.1. The Morgan fingerprint density at radius 1 is 0.950 bits per heavy atom. The molecule has 0 aromatic heterocycles. The van der Waals surface area contributed by atoms with Crippen molar-refractivity contribution in [3.8, 4) is 0 Å². The molecule has 0 spiro atoms. The smallest absolute Gasteiger partial charge is 0.212 e. The van der Waals surface area contributed by atoms with Crippen molar-refractivity contribution in [2.75, 3.05) is 12.4 Å². The number of sulfonamides is 1. The summed E-state index contributed by atoms with van der Waals surface area (Å²) in [6.45, 7) is -0.262. The van der Waals surface area contributed by atoms with E-state index in [0.29, 0.717) is 0 Å². The van der Waals surface area contributed by atoms with Crippen molar-refractivity contribution < 1.29 is 100 Å². The number of amides is 3. The second-order valence-electron chi connectivity index (χ2n) is 2.60. The van der Waals surface area contributed by atoms with Gasteiger partial charge in [0, 0.05) is 73.7 Å². The molecule has 2 aliphatic rings. The number of nitrogens with zero attached hydrogens (tertiary/aromatic N) is 2. The molecule has 0 unspecified atom stereocenters. The van der Waals surface area contributed by atoms with Crippen LogP contribution in [0.5, 0.6) is 0 Å². The standard InChI is InChI=1S/C2H4N2O3S.C2H3N2O3S.2CH3.2Tm/c5-2-3-1-8(6,7)4-2;5-2-1-3-8(6,7)4-2;;;;/h1H2,(H2,3,4,5);1H2,(H,4,5);2*1H3;;/q;3*-1;;/p-1. The molecule has 2 fully saturated rings. The van der Waals surface area contributed by atoms with Gasteiger partial charge in [0.05, 0.1) is 5.88 Å². The van der Waals surface area contributed by atoms with Crippen molar-refractivity contribution in [2.45, 2.75) is 0 Å². The fourth-order valence-electron chi connectivity index (χ4n) is 0.693. The summed E-state index contributed by atoms with van der Waals surface area (Å²) < 4.78 is 47.0. The van der Waals surface area contributed by atoms with E-state index in [9.17, 15) is 26.4 Å². The summed E-state index contributed by atoms with van der Waals surface area (Å²) in [6.07, 6.45) is 0. The van der Waals surface area contributed by atoms with E-state index in [-0.39, 0.29) is 95.1 Å². The molecule has 0 aliphatic carbocycles. The van der Waals surface area contributed by atoms with Crippen LogP contribution >= 0.6 is 0 Å². The third-order valence-electron chi connectivity index (χ3n) is 1.24. The van der Waals surface area contributed by atoms with Gasteiger partial charge in [-0.2, -0.15) is 0 Å². The number of rotatable bonds is 0. The number of carbonyl (C=O) groups is 2. The summed E-state index contributed by atoms with van der Waals surface area (Å²) in [6, 6.07) is -0.773. The molecule has 10 nitrogen and oxygen atoms in total. The van der Waals surface area contributed by atoms with Gasteiger partial charge in [-0.15, -0.1) is 0 Å². The molecule has 134 valence electrons. The normalized spacial score (nSPS) is 19.8. The van der Waals surface area contributed by atoms with Crippen molar-refractivity contribution in [3.63, 3.8) is 0 Å². The maximum absolute atomic E-state index is 10.2. The van der Waals surface area contributed by atoms with Crippen LogP contribution in [-0.2, 0) is 25.0 Å². The van der Waals surface area contributed by atoms with Gasteiger partial charge < -0.3 is 29.6 Å². The molecule has 2 aliphatic heterocycles. The fourth-order valence-corrected chi connectivity index (χ4v) is 2.08. The second kappa shape index (κ2) is 11.6. The van der Waals surface area contributed by atoms with Gasteiger partial charge in [-0.25, -0.2) is 16.8 Å². The molecule has 2 saturated heterocycles. The maximum Gasteiger partial charge on any atom is 0.212 e. The molecule has 0 aromatic rings. The average molecular weight is 638 g/mol. The Morgan fingerprint density at radius 3 is 1.55 bits per heavy atom. The van der Waals surface area contributed by atoms with Gasteiger partial charge in [0.25, 0.3) is 0 Å². The first-order valence-corrected chi connectivity index (χ1v) is 6.76. The molecule has 3 amide bonds. The Morgan fingerprint density at radius 2 is 1.45 bits per heavy atom. The number of carbonyl (C=O) groups excluding carboxylic acids is 2. The van der Waals surface area contributed by atoms with Gasteiger partial charge in [-0.1, -0.05) is 6.54 Å². The molecule has 2 rings (SSSR count). The van der Waals surface area contributed by atoms with Crippen LogP contribution < -0.4 is 9.44 Å². The summed E-state index contributed by atoms with van der Waals surface area (Å²) in [5.41, 5.74) is 0. The minimum Gasteiger partial charge on any atom is -0.523 e. The van der Waals surface area contributed by atoms with Crippen LogP contribution in [0.3, 0.4) is 0 Å². The van der Waals surface area contributed by atoms with E-state index in [4.69, 9.17) is 0 Å². The van der Waals surface area contributed by atoms with E-state index in [0.717, 1.165) is 0 Å². The molecule has 0 atom stereocenters. The van der Waals surface area contributed by atoms with E-state index >= 15 is 0 Å². The Bertz CT molecular complexity index is 472. The van der Waals surface area contributed by atoms with E-state index in [1.54, 1.807) is 9.44 Å². The van der Waals surface area contributed by atoms with Crippen molar-refractivity contribution in [2.24, 2.45) is 0 Å². The van der Waals surface area contributed by atoms with Gasteiger partial charge in [0.1, 0.15) is 0 Å². The monoisotopic (exact) mass is 638 g/mol.